The first-order valence-electron chi connectivity index (χ1n) is 14.2. The van der Waals surface area contributed by atoms with Gasteiger partial charge in [-0.1, -0.05) is 0 Å². The summed E-state index contributed by atoms with van der Waals surface area (Å²) in [6.45, 7) is -1.08. The van der Waals surface area contributed by atoms with Gasteiger partial charge in [-0.3, -0.25) is 0 Å². The standard InChI is InChI=1S/C24H49N5O13/c25-10-4-11(29-9(6-31)7-32)22(42-24-19(37)14(26)16(34)13(8-33)40-24)20(38)21(10)41-23-15(27)18(36)17(35)12(39-23)5-28-2-1-3-30/h9-24,28-38H,1-8,25-27H2/t10-,11+,12+,13+,14-,15+,16+,17+,18+,19+,20-,21+,22-,23+,24+/m0/s1. The van der Waals surface area contributed by atoms with Crippen molar-refractivity contribution in [3.05, 3.63) is 0 Å². The summed E-state index contributed by atoms with van der Waals surface area (Å²) in [7, 11) is 0. The molecule has 2 saturated heterocycles. The van der Waals surface area contributed by atoms with Gasteiger partial charge in [0.15, 0.2) is 12.6 Å². The van der Waals surface area contributed by atoms with Crippen molar-refractivity contribution in [3.63, 3.8) is 0 Å². The molecule has 0 radical (unpaired) electrons. The van der Waals surface area contributed by atoms with Crippen LogP contribution in [0.15, 0.2) is 0 Å². The topological polar surface area (TPSA) is 321 Å². The fraction of sp³-hybridized carbons (Fsp3) is 1.00. The Bertz CT molecular complexity index is 789. The van der Waals surface area contributed by atoms with E-state index in [1.54, 1.807) is 0 Å². The van der Waals surface area contributed by atoms with Crippen LogP contribution in [0, 0.1) is 0 Å². The molecular formula is C24H49N5O13. The van der Waals surface area contributed by atoms with Crippen LogP contribution in [0.25, 0.3) is 0 Å². The van der Waals surface area contributed by atoms with Gasteiger partial charge < -0.3 is 92.7 Å². The van der Waals surface area contributed by atoms with Gasteiger partial charge in [-0.05, 0) is 19.4 Å². The number of hydrogen-bond acceptors (Lipinski definition) is 18. The quantitative estimate of drug-likeness (QED) is 0.0806. The van der Waals surface area contributed by atoms with E-state index in [0.717, 1.165) is 0 Å². The zero-order chi connectivity index (χ0) is 31.1. The minimum Gasteiger partial charge on any atom is -0.396 e. The van der Waals surface area contributed by atoms with Crippen molar-refractivity contribution in [2.45, 2.75) is 111 Å². The number of aliphatic hydroxyl groups is 9. The van der Waals surface area contributed by atoms with Crippen molar-refractivity contribution in [2.75, 3.05) is 39.5 Å². The van der Waals surface area contributed by atoms with Crippen molar-refractivity contribution in [2.24, 2.45) is 17.2 Å². The molecule has 0 aromatic rings. The highest BCUT2D eigenvalue weighted by atomic mass is 16.7. The van der Waals surface area contributed by atoms with Gasteiger partial charge in [0.05, 0.1) is 37.9 Å². The normalized spacial score (nSPS) is 44.9. The highest BCUT2D eigenvalue weighted by Gasteiger charge is 2.52. The van der Waals surface area contributed by atoms with E-state index in [4.69, 9.17) is 41.3 Å². The van der Waals surface area contributed by atoms with Gasteiger partial charge in [0.2, 0.25) is 0 Å². The average Bonchev–Trinajstić information content (AvgIpc) is 2.98. The Labute approximate surface area is 243 Å². The first kappa shape index (κ1) is 35.8. The van der Waals surface area contributed by atoms with Crippen LogP contribution in [0.3, 0.4) is 0 Å². The van der Waals surface area contributed by atoms with Gasteiger partial charge in [-0.25, -0.2) is 0 Å². The molecule has 1 saturated carbocycles. The molecule has 0 amide bonds. The Morgan fingerprint density at radius 3 is 2.00 bits per heavy atom. The van der Waals surface area contributed by atoms with E-state index < -0.39 is 118 Å². The molecule has 1 aliphatic carbocycles. The van der Waals surface area contributed by atoms with Crippen LogP contribution in [0.1, 0.15) is 12.8 Å². The van der Waals surface area contributed by atoms with Gasteiger partial charge >= 0.3 is 0 Å². The number of rotatable bonds is 14. The van der Waals surface area contributed by atoms with Gasteiger partial charge in [0, 0.05) is 25.2 Å². The van der Waals surface area contributed by atoms with Crippen LogP contribution in [-0.4, -0.2) is 183 Å². The molecule has 42 heavy (non-hydrogen) atoms. The Hall–Kier alpha value is -0.720. The van der Waals surface area contributed by atoms with Crippen molar-refractivity contribution in [1.29, 1.82) is 0 Å². The maximum atomic E-state index is 11.5. The van der Waals surface area contributed by atoms with Crippen LogP contribution >= 0.6 is 0 Å². The molecule has 3 aliphatic rings. The Morgan fingerprint density at radius 1 is 0.738 bits per heavy atom. The maximum absolute atomic E-state index is 11.5. The summed E-state index contributed by atoms with van der Waals surface area (Å²) >= 11 is 0. The first-order valence-corrected chi connectivity index (χ1v) is 14.2. The largest absolute Gasteiger partial charge is 0.396 e. The summed E-state index contributed by atoms with van der Waals surface area (Å²) in [5.41, 5.74) is 18.4. The smallest absolute Gasteiger partial charge is 0.186 e. The highest BCUT2D eigenvalue weighted by Crippen LogP contribution is 2.32. The molecule has 2 aliphatic heterocycles. The molecule has 15 atom stereocenters. The summed E-state index contributed by atoms with van der Waals surface area (Å²) in [4.78, 5) is 0. The summed E-state index contributed by atoms with van der Waals surface area (Å²) in [5, 5.41) is 97.1. The van der Waals surface area contributed by atoms with Crippen LogP contribution in [0.4, 0.5) is 0 Å². The molecule has 18 nitrogen and oxygen atoms in total. The van der Waals surface area contributed by atoms with E-state index in [1.807, 2.05) is 0 Å². The van der Waals surface area contributed by atoms with Crippen molar-refractivity contribution < 1.29 is 64.9 Å². The molecule has 0 bridgehead atoms. The van der Waals surface area contributed by atoms with Crippen LogP contribution < -0.4 is 27.8 Å². The molecular weight excluding hydrogens is 566 g/mol. The minimum absolute atomic E-state index is 0.0374. The molecule has 18 heteroatoms. The molecule has 0 aromatic carbocycles. The fourth-order valence-electron chi connectivity index (χ4n) is 5.46. The molecule has 17 N–H and O–H groups in total. The number of nitrogens with one attached hydrogen (secondary N) is 2. The van der Waals surface area contributed by atoms with Gasteiger partial charge in [0.25, 0.3) is 0 Å². The van der Waals surface area contributed by atoms with E-state index in [2.05, 4.69) is 10.6 Å². The van der Waals surface area contributed by atoms with E-state index >= 15 is 0 Å². The molecule has 248 valence electrons. The highest BCUT2D eigenvalue weighted by molar-refractivity contribution is 5.03. The lowest BCUT2D eigenvalue weighted by atomic mass is 9.83. The van der Waals surface area contributed by atoms with Crippen molar-refractivity contribution >= 4 is 0 Å². The summed E-state index contributed by atoms with van der Waals surface area (Å²) < 4.78 is 23.3. The Kier molecular flexibility index (Phi) is 14.1. The van der Waals surface area contributed by atoms with E-state index in [1.165, 1.54) is 0 Å². The average molecular weight is 616 g/mol. The first-order chi connectivity index (χ1) is 20.0. The maximum Gasteiger partial charge on any atom is 0.186 e. The van der Waals surface area contributed by atoms with E-state index in [0.29, 0.717) is 13.0 Å². The Morgan fingerprint density at radius 2 is 1.38 bits per heavy atom. The van der Waals surface area contributed by atoms with Crippen LogP contribution in [-0.2, 0) is 18.9 Å². The molecule has 0 unspecified atom stereocenters. The molecule has 3 rings (SSSR count). The molecule has 0 spiro atoms. The third-order valence-corrected chi connectivity index (χ3v) is 8.03. The summed E-state index contributed by atoms with van der Waals surface area (Å²) in [5.74, 6) is 0. The van der Waals surface area contributed by atoms with Crippen molar-refractivity contribution in [1.82, 2.24) is 10.6 Å². The second-order valence-corrected chi connectivity index (χ2v) is 11.1. The lowest BCUT2D eigenvalue weighted by Crippen LogP contribution is -2.70. The molecule has 0 aromatic heterocycles. The number of ether oxygens (including phenoxy) is 4. The van der Waals surface area contributed by atoms with Gasteiger partial charge in [-0.15, -0.1) is 0 Å². The summed E-state index contributed by atoms with van der Waals surface area (Å²) in [6.07, 6.45) is -14.3. The third-order valence-electron chi connectivity index (χ3n) is 8.03. The van der Waals surface area contributed by atoms with Crippen LogP contribution in [0.5, 0.6) is 0 Å². The monoisotopic (exact) mass is 615 g/mol. The summed E-state index contributed by atoms with van der Waals surface area (Å²) in [6, 6.07) is -5.04. The minimum atomic E-state index is -1.57. The van der Waals surface area contributed by atoms with E-state index in [9.17, 15) is 40.9 Å². The predicted octanol–water partition coefficient (Wildman–Crippen LogP) is -8.33. The van der Waals surface area contributed by atoms with Crippen LogP contribution in [0.2, 0.25) is 0 Å². The second kappa shape index (κ2) is 16.5. The lowest BCUT2D eigenvalue weighted by Gasteiger charge is -2.49. The third kappa shape index (κ3) is 8.30. The zero-order valence-corrected chi connectivity index (χ0v) is 23.3. The zero-order valence-electron chi connectivity index (χ0n) is 23.3. The van der Waals surface area contributed by atoms with Crippen molar-refractivity contribution in [3.8, 4) is 0 Å². The molecule has 2 heterocycles. The van der Waals surface area contributed by atoms with Gasteiger partial charge in [0.1, 0.15) is 54.9 Å². The van der Waals surface area contributed by atoms with E-state index in [-0.39, 0.29) is 19.6 Å². The number of aliphatic hydroxyl groups excluding tert-OH is 9. The Balaban J connectivity index is 1.80. The van der Waals surface area contributed by atoms with Gasteiger partial charge in [-0.2, -0.15) is 0 Å². The second-order valence-electron chi connectivity index (χ2n) is 11.1. The molecule has 3 fully saturated rings. The number of hydrogen-bond donors (Lipinski definition) is 14. The predicted molar refractivity (Wildman–Crippen MR) is 142 cm³/mol. The lowest BCUT2D eigenvalue weighted by molar-refractivity contribution is -0.320. The number of nitrogens with two attached hydrogens (primary N) is 3. The SMILES string of the molecule is N[C@@H]1[C@@H](O)[C@@H](O[C@@H]2[C@@H](O)[C@H](O[C@H]3O[C@H](CNCCCO)[C@@H](O)[C@H](O)[C@H]3N)[C@@H](N)C[C@H]2NC(CO)CO)O[C@H](CO)[C@H]1O. The fourth-order valence-corrected chi connectivity index (χ4v) is 5.46.